The van der Waals surface area contributed by atoms with Crippen LogP contribution in [0.2, 0.25) is 26.2 Å². The zero-order chi connectivity index (χ0) is 23.7. The standard InChI is InChI=1S/2C13H24NSi.2FH.Hf/c2*1-11(2)14(12(3)4)15(5,6)13-9-7-8-10-13;;;/h2*7,9,11-12H,8H2,1-6H3;2*1H;/q;;;;+2/p-2. The molecule has 0 unspecified atom stereocenters. The van der Waals surface area contributed by atoms with Crippen LogP contribution in [0.25, 0.3) is 0 Å². The molecule has 2 rings (SSSR count). The fourth-order valence-corrected chi connectivity index (χ4v) is 27.2. The van der Waals surface area contributed by atoms with Crippen LogP contribution >= 0.6 is 0 Å². The number of rotatable bonds is 10. The van der Waals surface area contributed by atoms with Gasteiger partial charge in [-0.05, 0) is 0 Å². The van der Waals surface area contributed by atoms with Crippen LogP contribution in [-0.4, -0.2) is 49.8 Å². The first-order chi connectivity index (χ1) is 14.2. The molecular formula is C26H48F2HfN2Si2. The van der Waals surface area contributed by atoms with Gasteiger partial charge in [-0.15, -0.1) is 0 Å². The van der Waals surface area contributed by atoms with E-state index in [-0.39, 0.29) is 9.41 Å². The van der Waals surface area contributed by atoms with E-state index in [4.69, 9.17) is 0 Å². The maximum absolute atomic E-state index is 2.85. The molecule has 0 spiro atoms. The van der Waals surface area contributed by atoms with Crippen LogP contribution in [0.4, 0.5) is 0 Å². The van der Waals surface area contributed by atoms with Crippen molar-refractivity contribution in [1.29, 1.82) is 0 Å². The van der Waals surface area contributed by atoms with Crippen molar-refractivity contribution in [3.05, 3.63) is 41.4 Å². The first-order valence-electron chi connectivity index (χ1n) is 12.4. The van der Waals surface area contributed by atoms with Crippen molar-refractivity contribution in [3.63, 3.8) is 0 Å². The largest absolute Gasteiger partial charge is 1.00 e. The molecule has 0 aliphatic heterocycles. The summed E-state index contributed by atoms with van der Waals surface area (Å²) in [7, 11) is -3.31. The quantitative estimate of drug-likeness (QED) is 0.326. The van der Waals surface area contributed by atoms with Crippen LogP contribution in [0.5, 0.6) is 0 Å². The average Bonchev–Trinajstić information content (AvgIpc) is 3.22. The Kier molecular flexibility index (Phi) is 12.9. The Balaban J connectivity index is 0.00000512. The summed E-state index contributed by atoms with van der Waals surface area (Å²) in [5, 5.41) is 3.56. The molecule has 2 aliphatic carbocycles. The molecule has 0 N–H and O–H groups in total. The van der Waals surface area contributed by atoms with E-state index in [9.17, 15) is 0 Å². The van der Waals surface area contributed by atoms with E-state index in [2.05, 4.69) is 115 Å². The van der Waals surface area contributed by atoms with Gasteiger partial charge in [-0.2, -0.15) is 0 Å². The fourth-order valence-electron chi connectivity index (χ4n) is 6.63. The molecule has 7 heteroatoms. The van der Waals surface area contributed by atoms with Crippen molar-refractivity contribution >= 4 is 16.5 Å². The molecular weight excluding hydrogens is 613 g/mol. The van der Waals surface area contributed by atoms with Gasteiger partial charge in [0, 0.05) is 0 Å². The Morgan fingerprint density at radius 3 is 1.12 bits per heavy atom. The summed E-state index contributed by atoms with van der Waals surface area (Å²) in [4.78, 5) is 0. The van der Waals surface area contributed by atoms with Gasteiger partial charge >= 0.3 is 208 Å². The van der Waals surface area contributed by atoms with Gasteiger partial charge in [0.25, 0.3) is 0 Å². The molecule has 0 amide bonds. The Morgan fingerprint density at radius 1 is 0.606 bits per heavy atom. The summed E-state index contributed by atoms with van der Waals surface area (Å²) >= 11 is -1.03. The van der Waals surface area contributed by atoms with E-state index >= 15 is 0 Å². The predicted octanol–water partition coefficient (Wildman–Crippen LogP) is 1.23. The molecule has 2 aliphatic rings. The average molecular weight is 661 g/mol. The molecule has 0 saturated carbocycles. The fraction of sp³-hybridized carbons (Fsp3) is 0.692. The van der Waals surface area contributed by atoms with Crippen molar-refractivity contribution in [3.8, 4) is 0 Å². The molecule has 2 nitrogen and oxygen atoms in total. The monoisotopic (exact) mass is 662 g/mol. The van der Waals surface area contributed by atoms with Gasteiger partial charge in [0.15, 0.2) is 0 Å². The zero-order valence-corrected chi connectivity index (χ0v) is 28.8. The first-order valence-corrected chi connectivity index (χ1v) is 21.9. The van der Waals surface area contributed by atoms with E-state index in [1.54, 1.807) is 10.4 Å². The number of nitrogens with zero attached hydrogens (tertiary/aromatic N) is 2. The second-order valence-corrected chi connectivity index (χ2v) is 25.0. The molecule has 33 heavy (non-hydrogen) atoms. The second kappa shape index (κ2) is 12.8. The van der Waals surface area contributed by atoms with E-state index < -0.39 is 39.4 Å². The number of halogens is 2. The topological polar surface area (TPSA) is 6.48 Å². The molecule has 0 fully saturated rings. The second-order valence-electron chi connectivity index (χ2n) is 11.4. The summed E-state index contributed by atoms with van der Waals surface area (Å²) in [6, 6.07) is 2.44. The number of allylic oxidation sites excluding steroid dienone is 8. The normalized spacial score (nSPS) is 16.8. The van der Waals surface area contributed by atoms with Crippen LogP contribution in [0.15, 0.2) is 41.4 Å². The molecule has 0 saturated heterocycles. The van der Waals surface area contributed by atoms with E-state index in [0.717, 1.165) is 0 Å². The molecule has 0 aromatic heterocycles. The summed E-state index contributed by atoms with van der Waals surface area (Å²) < 4.78 is 9.48. The maximum Gasteiger partial charge on any atom is -1.00 e. The van der Waals surface area contributed by atoms with E-state index in [1.807, 2.05) is 6.66 Å². The molecule has 0 aromatic carbocycles. The molecule has 188 valence electrons. The summed E-state index contributed by atoms with van der Waals surface area (Å²) in [6.45, 7) is 29.5. The van der Waals surface area contributed by atoms with Gasteiger partial charge in [-0.1, -0.05) is 0 Å². The van der Waals surface area contributed by atoms with Crippen molar-refractivity contribution in [2.45, 2.75) is 119 Å². The van der Waals surface area contributed by atoms with Crippen LogP contribution < -0.4 is 9.41 Å². The van der Waals surface area contributed by atoms with Gasteiger partial charge < -0.3 is 9.41 Å². The molecule has 0 heterocycles. The minimum absolute atomic E-state index is 0. The van der Waals surface area contributed by atoms with Gasteiger partial charge in [0.05, 0.1) is 0 Å². The molecule has 0 aromatic rings. The van der Waals surface area contributed by atoms with Gasteiger partial charge in [-0.25, -0.2) is 0 Å². The Morgan fingerprint density at radius 2 is 0.879 bits per heavy atom. The summed E-state index contributed by atoms with van der Waals surface area (Å²) in [5.41, 5.74) is 0. The van der Waals surface area contributed by atoms with Crippen molar-refractivity contribution < 1.29 is 32.3 Å². The molecule has 0 radical (unpaired) electrons. The van der Waals surface area contributed by atoms with Crippen molar-refractivity contribution in [2.24, 2.45) is 0 Å². The third-order valence-electron chi connectivity index (χ3n) is 7.00. The number of hydrogen-bond acceptors (Lipinski definition) is 2. The predicted molar refractivity (Wildman–Crippen MR) is 141 cm³/mol. The third-order valence-corrected chi connectivity index (χ3v) is 22.6. The van der Waals surface area contributed by atoms with Crippen molar-refractivity contribution in [1.82, 2.24) is 9.13 Å². The van der Waals surface area contributed by atoms with Gasteiger partial charge in [0.2, 0.25) is 0 Å². The van der Waals surface area contributed by atoms with Crippen molar-refractivity contribution in [2.75, 3.05) is 0 Å². The van der Waals surface area contributed by atoms with E-state index in [0.29, 0.717) is 24.2 Å². The Labute approximate surface area is 216 Å². The Hall–Kier alpha value is 0.0439. The van der Waals surface area contributed by atoms with Crippen LogP contribution in [0.3, 0.4) is 0 Å². The number of hydrogen-bond donors (Lipinski definition) is 0. The van der Waals surface area contributed by atoms with Crippen LogP contribution in [0.1, 0.15) is 68.2 Å². The smallest absolute Gasteiger partial charge is 1.00 e. The molecule has 0 bridgehead atoms. The minimum atomic E-state index is -1.65. The molecule has 0 atom stereocenters. The van der Waals surface area contributed by atoms with E-state index in [1.165, 1.54) is 12.8 Å². The first kappa shape index (κ1) is 33.0. The summed E-state index contributed by atoms with van der Waals surface area (Å²) in [5.74, 6) is 0. The zero-order valence-electron chi connectivity index (χ0n) is 23.2. The van der Waals surface area contributed by atoms with Gasteiger partial charge in [-0.3, -0.25) is 0 Å². The van der Waals surface area contributed by atoms with Crippen LogP contribution in [-0.2, 0) is 22.9 Å². The summed E-state index contributed by atoms with van der Waals surface area (Å²) in [6.07, 6.45) is 12.5. The minimum Gasteiger partial charge on any atom is -1.00 e. The maximum atomic E-state index is 2.85. The third kappa shape index (κ3) is 7.05. The SMILES string of the molecule is CC(C)N(C(C)C)[Si](C)(C)C1=[C]([Hf+2][C]2=C([Si](C)(C)N(C(C)C)C(C)C)C=CC2)CC=C1.[F-].[F-]. The van der Waals surface area contributed by atoms with Crippen LogP contribution in [0, 0.1) is 0 Å². The Bertz CT molecular complexity index is 701. The van der Waals surface area contributed by atoms with Gasteiger partial charge in [0.1, 0.15) is 0 Å².